The van der Waals surface area contributed by atoms with Crippen LogP contribution >= 0.6 is 0 Å². The molecule has 0 aliphatic carbocycles. The number of aromatic nitrogens is 2. The molecular weight excluding hydrogens is 240 g/mol. The van der Waals surface area contributed by atoms with E-state index < -0.39 is 6.10 Å². The largest absolute Gasteiger partial charge is 0.491 e. The van der Waals surface area contributed by atoms with Gasteiger partial charge in [-0.2, -0.15) is 0 Å². The van der Waals surface area contributed by atoms with Crippen LogP contribution in [0.4, 0.5) is 0 Å². The Labute approximate surface area is 113 Å². The Hall–Kier alpha value is -1.81. The fraction of sp³-hybridized carbons (Fsp3) is 0.400. The Morgan fingerprint density at radius 1 is 1.26 bits per heavy atom. The summed E-state index contributed by atoms with van der Waals surface area (Å²) in [5.41, 5.74) is 0.817. The van der Waals surface area contributed by atoms with Crippen molar-refractivity contribution in [3.8, 4) is 5.75 Å². The van der Waals surface area contributed by atoms with Gasteiger partial charge >= 0.3 is 0 Å². The summed E-state index contributed by atoms with van der Waals surface area (Å²) in [6.07, 6.45) is 3.02. The maximum atomic E-state index is 10.3. The lowest BCUT2D eigenvalue weighted by Crippen LogP contribution is -2.09. The van der Waals surface area contributed by atoms with Crippen molar-refractivity contribution in [1.29, 1.82) is 0 Å². The highest BCUT2D eigenvalue weighted by Crippen LogP contribution is 2.23. The predicted octanol–water partition coefficient (Wildman–Crippen LogP) is 2.77. The lowest BCUT2D eigenvalue weighted by atomic mass is 10.1. The summed E-state index contributed by atoms with van der Waals surface area (Å²) in [6, 6.07) is 7.49. The van der Waals surface area contributed by atoms with Gasteiger partial charge < -0.3 is 14.4 Å². The summed E-state index contributed by atoms with van der Waals surface area (Å²) in [4.78, 5) is 4.22. The fourth-order valence-corrected chi connectivity index (χ4v) is 1.99. The molecule has 0 amide bonds. The number of hydrogen-bond donors (Lipinski definition) is 1. The number of aliphatic hydroxyl groups is 1. The second kappa shape index (κ2) is 5.89. The maximum absolute atomic E-state index is 10.3. The minimum atomic E-state index is -0.706. The van der Waals surface area contributed by atoms with Gasteiger partial charge in [-0.15, -0.1) is 0 Å². The molecule has 0 radical (unpaired) electrons. The van der Waals surface area contributed by atoms with Crippen LogP contribution in [-0.2, 0) is 6.54 Å². The molecule has 102 valence electrons. The first-order valence-electron chi connectivity index (χ1n) is 6.57. The molecule has 0 aliphatic rings. The summed E-state index contributed by atoms with van der Waals surface area (Å²) in [7, 11) is 0. The highest BCUT2D eigenvalue weighted by molar-refractivity contribution is 5.31. The SMILES string of the molecule is CCn1ccnc1C(O)c1ccc(OC(C)C)cc1. The Morgan fingerprint density at radius 2 is 1.95 bits per heavy atom. The van der Waals surface area contributed by atoms with Gasteiger partial charge in [0.25, 0.3) is 0 Å². The first kappa shape index (κ1) is 13.6. The molecule has 1 aromatic heterocycles. The van der Waals surface area contributed by atoms with E-state index in [4.69, 9.17) is 4.74 Å². The smallest absolute Gasteiger partial charge is 0.142 e. The van der Waals surface area contributed by atoms with Crippen molar-refractivity contribution in [1.82, 2.24) is 9.55 Å². The minimum absolute atomic E-state index is 0.148. The van der Waals surface area contributed by atoms with E-state index in [1.807, 2.05) is 55.8 Å². The van der Waals surface area contributed by atoms with Crippen molar-refractivity contribution in [2.24, 2.45) is 0 Å². The Balaban J connectivity index is 2.18. The van der Waals surface area contributed by atoms with Crippen molar-refractivity contribution < 1.29 is 9.84 Å². The molecule has 0 saturated heterocycles. The zero-order chi connectivity index (χ0) is 13.8. The number of ether oxygens (including phenoxy) is 1. The van der Waals surface area contributed by atoms with E-state index in [1.165, 1.54) is 0 Å². The Morgan fingerprint density at radius 3 is 2.53 bits per heavy atom. The number of aliphatic hydroxyl groups excluding tert-OH is 1. The number of hydrogen-bond acceptors (Lipinski definition) is 3. The van der Waals surface area contributed by atoms with E-state index >= 15 is 0 Å². The van der Waals surface area contributed by atoms with Crippen molar-refractivity contribution in [2.75, 3.05) is 0 Å². The quantitative estimate of drug-likeness (QED) is 0.899. The standard InChI is InChI=1S/C15H20N2O2/c1-4-17-10-9-16-15(17)14(18)12-5-7-13(8-6-12)19-11(2)3/h5-11,14,18H,4H2,1-3H3. The third kappa shape index (κ3) is 3.15. The second-order valence-corrected chi connectivity index (χ2v) is 4.71. The minimum Gasteiger partial charge on any atom is -0.491 e. The van der Waals surface area contributed by atoms with Crippen LogP contribution in [0.2, 0.25) is 0 Å². The van der Waals surface area contributed by atoms with Crippen LogP contribution in [0.5, 0.6) is 5.75 Å². The number of nitrogens with zero attached hydrogens (tertiary/aromatic N) is 2. The maximum Gasteiger partial charge on any atom is 0.142 e. The molecule has 0 spiro atoms. The predicted molar refractivity (Wildman–Crippen MR) is 74.2 cm³/mol. The summed E-state index contributed by atoms with van der Waals surface area (Å²) in [5.74, 6) is 1.48. The third-order valence-corrected chi connectivity index (χ3v) is 2.90. The van der Waals surface area contributed by atoms with Gasteiger partial charge in [-0.3, -0.25) is 0 Å². The molecule has 1 N–H and O–H groups in total. The highest BCUT2D eigenvalue weighted by atomic mass is 16.5. The normalized spacial score (nSPS) is 12.7. The first-order chi connectivity index (χ1) is 9.11. The van der Waals surface area contributed by atoms with Gasteiger partial charge in [0.1, 0.15) is 17.7 Å². The van der Waals surface area contributed by atoms with Gasteiger partial charge in [0.2, 0.25) is 0 Å². The van der Waals surface area contributed by atoms with Crippen LogP contribution in [-0.4, -0.2) is 20.8 Å². The third-order valence-electron chi connectivity index (χ3n) is 2.90. The zero-order valence-electron chi connectivity index (χ0n) is 11.6. The molecule has 2 aromatic rings. The van der Waals surface area contributed by atoms with Crippen LogP contribution in [0.1, 0.15) is 38.3 Å². The molecule has 0 aliphatic heterocycles. The van der Waals surface area contributed by atoms with E-state index in [0.717, 1.165) is 17.9 Å². The van der Waals surface area contributed by atoms with Crippen LogP contribution in [0.15, 0.2) is 36.7 Å². The van der Waals surface area contributed by atoms with Crippen molar-refractivity contribution >= 4 is 0 Å². The zero-order valence-corrected chi connectivity index (χ0v) is 11.6. The van der Waals surface area contributed by atoms with E-state index in [-0.39, 0.29) is 6.10 Å². The molecular formula is C15H20N2O2. The fourth-order valence-electron chi connectivity index (χ4n) is 1.99. The molecule has 19 heavy (non-hydrogen) atoms. The first-order valence-corrected chi connectivity index (χ1v) is 6.57. The highest BCUT2D eigenvalue weighted by Gasteiger charge is 2.15. The van der Waals surface area contributed by atoms with Crippen LogP contribution in [0, 0.1) is 0 Å². The lowest BCUT2D eigenvalue weighted by Gasteiger charge is -2.14. The average molecular weight is 260 g/mol. The topological polar surface area (TPSA) is 47.3 Å². The molecule has 1 unspecified atom stereocenters. The summed E-state index contributed by atoms with van der Waals surface area (Å²) in [5, 5.41) is 10.3. The Kier molecular flexibility index (Phi) is 4.22. The second-order valence-electron chi connectivity index (χ2n) is 4.71. The molecule has 0 saturated carbocycles. The molecule has 0 bridgehead atoms. The lowest BCUT2D eigenvalue weighted by molar-refractivity contribution is 0.204. The van der Waals surface area contributed by atoms with E-state index in [2.05, 4.69) is 4.98 Å². The van der Waals surface area contributed by atoms with Crippen LogP contribution < -0.4 is 4.74 Å². The van der Waals surface area contributed by atoms with Crippen LogP contribution in [0.25, 0.3) is 0 Å². The monoisotopic (exact) mass is 260 g/mol. The van der Waals surface area contributed by atoms with Crippen molar-refractivity contribution in [2.45, 2.75) is 39.5 Å². The molecule has 0 fully saturated rings. The summed E-state index contributed by atoms with van der Waals surface area (Å²) in [6.45, 7) is 6.79. The van der Waals surface area contributed by atoms with Crippen molar-refractivity contribution in [3.63, 3.8) is 0 Å². The van der Waals surface area contributed by atoms with Gasteiger partial charge in [0, 0.05) is 18.9 Å². The van der Waals surface area contributed by atoms with Gasteiger partial charge in [-0.05, 0) is 38.5 Å². The summed E-state index contributed by atoms with van der Waals surface area (Å²) < 4.78 is 7.52. The summed E-state index contributed by atoms with van der Waals surface area (Å²) >= 11 is 0. The van der Waals surface area contributed by atoms with E-state index in [0.29, 0.717) is 5.82 Å². The number of rotatable bonds is 5. The molecule has 1 heterocycles. The van der Waals surface area contributed by atoms with Gasteiger partial charge in [-0.25, -0.2) is 4.98 Å². The van der Waals surface area contributed by atoms with Gasteiger partial charge in [-0.1, -0.05) is 12.1 Å². The average Bonchev–Trinajstić information content (AvgIpc) is 2.86. The number of benzene rings is 1. The van der Waals surface area contributed by atoms with Crippen LogP contribution in [0.3, 0.4) is 0 Å². The molecule has 2 rings (SSSR count). The van der Waals surface area contributed by atoms with E-state index in [1.54, 1.807) is 6.20 Å². The number of aryl methyl sites for hydroxylation is 1. The van der Waals surface area contributed by atoms with Crippen molar-refractivity contribution in [3.05, 3.63) is 48.0 Å². The Bertz CT molecular complexity index is 517. The van der Waals surface area contributed by atoms with E-state index in [9.17, 15) is 5.11 Å². The number of imidazole rings is 1. The van der Waals surface area contributed by atoms with Gasteiger partial charge in [0.15, 0.2) is 0 Å². The van der Waals surface area contributed by atoms with Gasteiger partial charge in [0.05, 0.1) is 6.10 Å². The molecule has 1 atom stereocenters. The molecule has 4 nitrogen and oxygen atoms in total. The molecule has 1 aromatic carbocycles. The molecule has 4 heteroatoms.